The first-order valence-corrected chi connectivity index (χ1v) is 11.3. The number of benzene rings is 1. The molecule has 0 spiro atoms. The molecule has 0 radical (unpaired) electrons. The summed E-state index contributed by atoms with van der Waals surface area (Å²) >= 11 is 0. The lowest BCUT2D eigenvalue weighted by molar-refractivity contribution is -0.192. The van der Waals surface area contributed by atoms with Crippen molar-refractivity contribution in [1.29, 1.82) is 0 Å². The number of fused-ring (bicyclic) bond motifs is 2. The number of rotatable bonds is 3. The van der Waals surface area contributed by atoms with Crippen molar-refractivity contribution >= 4 is 33.6 Å². The Morgan fingerprint density at radius 3 is 2.49 bits per heavy atom. The molecule has 0 bridgehead atoms. The number of ether oxygens (including phenoxy) is 1. The number of carboxylic acids is 1. The number of phenolic OH excluding ortho intramolecular Hbond substituents is 1. The zero-order chi connectivity index (χ0) is 26.9. The van der Waals surface area contributed by atoms with Crippen molar-refractivity contribution in [3.63, 3.8) is 0 Å². The molecule has 4 aromatic rings. The molecule has 1 aromatic carbocycles. The fourth-order valence-electron chi connectivity index (χ4n) is 4.11. The van der Waals surface area contributed by atoms with Crippen molar-refractivity contribution in [3.05, 3.63) is 36.2 Å². The van der Waals surface area contributed by atoms with Crippen LogP contribution in [0.2, 0.25) is 0 Å². The zero-order valence-electron chi connectivity index (χ0n) is 20.3. The number of halogens is 3. The molecule has 0 atom stereocenters. The number of nitrogens with zero attached hydrogens (tertiary/aromatic N) is 5. The number of methoxy groups -OCH3 is 1. The standard InChI is InChI=1S/C22H24N6O2.C2HF3O2/c1-13-20-14(12-27(2)26-20)8-16(21(13)29)18-10-19(30-3)17-9-15(11-24-22(17)25-18)28-6-4-23-5-7-28;3-2(4,5)1(6)7/h8-12,23,29H,4-7H2,1-3H3;(H,6,7). The van der Waals surface area contributed by atoms with E-state index in [0.29, 0.717) is 22.7 Å². The van der Waals surface area contributed by atoms with Gasteiger partial charge < -0.3 is 25.2 Å². The average Bonchev–Trinajstić information content (AvgIpc) is 3.26. The van der Waals surface area contributed by atoms with E-state index in [0.717, 1.165) is 53.7 Å². The Hall–Kier alpha value is -4.13. The molecule has 3 N–H and O–H groups in total. The normalized spacial score (nSPS) is 13.9. The first kappa shape index (κ1) is 25.9. The Balaban J connectivity index is 0.000000405. The van der Waals surface area contributed by atoms with Gasteiger partial charge in [-0.1, -0.05) is 0 Å². The molecule has 5 rings (SSSR count). The lowest BCUT2D eigenvalue weighted by Crippen LogP contribution is -2.43. The molecule has 4 heterocycles. The van der Waals surface area contributed by atoms with Crippen LogP contribution in [0, 0.1) is 6.92 Å². The van der Waals surface area contributed by atoms with E-state index < -0.39 is 12.1 Å². The van der Waals surface area contributed by atoms with Gasteiger partial charge in [0.15, 0.2) is 5.65 Å². The number of pyridine rings is 2. The first-order chi connectivity index (χ1) is 17.5. The van der Waals surface area contributed by atoms with Gasteiger partial charge in [0.25, 0.3) is 0 Å². The number of anilines is 1. The Morgan fingerprint density at radius 1 is 1.19 bits per heavy atom. The Labute approximate surface area is 209 Å². The third kappa shape index (κ3) is 5.35. The van der Waals surface area contributed by atoms with E-state index in [1.807, 2.05) is 38.5 Å². The molecule has 0 saturated carbocycles. The molecule has 3 aromatic heterocycles. The predicted octanol–water partition coefficient (Wildman–Crippen LogP) is 3.25. The summed E-state index contributed by atoms with van der Waals surface area (Å²) in [6.45, 7) is 5.67. The van der Waals surface area contributed by atoms with Crippen LogP contribution < -0.4 is 15.0 Å². The number of aromatic nitrogens is 4. The molecule has 1 aliphatic rings. The maximum Gasteiger partial charge on any atom is 0.490 e. The molecule has 1 aliphatic heterocycles. The summed E-state index contributed by atoms with van der Waals surface area (Å²) < 4.78 is 39.2. The van der Waals surface area contributed by atoms with Gasteiger partial charge in [0, 0.05) is 62.0 Å². The van der Waals surface area contributed by atoms with E-state index in [1.165, 1.54) is 0 Å². The molecular weight excluding hydrogens is 493 g/mol. The minimum absolute atomic E-state index is 0.174. The summed E-state index contributed by atoms with van der Waals surface area (Å²) in [6, 6.07) is 5.86. The number of carboxylic acid groups (broad SMARTS) is 1. The quantitative estimate of drug-likeness (QED) is 0.375. The van der Waals surface area contributed by atoms with Crippen molar-refractivity contribution < 1.29 is 32.9 Å². The van der Waals surface area contributed by atoms with Crippen LogP contribution >= 0.6 is 0 Å². The summed E-state index contributed by atoms with van der Waals surface area (Å²) in [5.41, 5.74) is 4.42. The van der Waals surface area contributed by atoms with Crippen molar-refractivity contribution in [2.45, 2.75) is 13.1 Å². The number of nitrogens with one attached hydrogen (secondary N) is 1. The van der Waals surface area contributed by atoms with E-state index >= 15 is 0 Å². The third-order valence-electron chi connectivity index (χ3n) is 5.95. The summed E-state index contributed by atoms with van der Waals surface area (Å²) in [5.74, 6) is -1.90. The van der Waals surface area contributed by atoms with Gasteiger partial charge in [0.1, 0.15) is 11.5 Å². The lowest BCUT2D eigenvalue weighted by atomic mass is 10.0. The van der Waals surface area contributed by atoms with Crippen LogP contribution in [0.4, 0.5) is 18.9 Å². The largest absolute Gasteiger partial charge is 0.507 e. The van der Waals surface area contributed by atoms with Crippen molar-refractivity contribution in [3.8, 4) is 22.8 Å². The minimum atomic E-state index is -5.08. The van der Waals surface area contributed by atoms with Gasteiger partial charge in [-0.05, 0) is 19.1 Å². The third-order valence-corrected chi connectivity index (χ3v) is 5.95. The maximum absolute atomic E-state index is 10.8. The van der Waals surface area contributed by atoms with Gasteiger partial charge in [0.2, 0.25) is 0 Å². The molecule has 1 saturated heterocycles. The molecule has 1 fully saturated rings. The molecule has 0 aliphatic carbocycles. The molecule has 10 nitrogen and oxygen atoms in total. The van der Waals surface area contributed by atoms with E-state index in [9.17, 15) is 18.3 Å². The Kier molecular flexibility index (Phi) is 7.07. The van der Waals surface area contributed by atoms with Crippen LogP contribution in [-0.2, 0) is 11.8 Å². The van der Waals surface area contributed by atoms with E-state index in [4.69, 9.17) is 19.6 Å². The second-order valence-electron chi connectivity index (χ2n) is 8.45. The summed E-state index contributed by atoms with van der Waals surface area (Å²) in [6.07, 6.45) is -1.29. The first-order valence-electron chi connectivity index (χ1n) is 11.3. The molecule has 0 unspecified atom stereocenters. The van der Waals surface area contributed by atoms with Crippen LogP contribution in [0.25, 0.3) is 33.2 Å². The van der Waals surface area contributed by atoms with Crippen LogP contribution in [0.15, 0.2) is 30.6 Å². The second-order valence-corrected chi connectivity index (χ2v) is 8.45. The lowest BCUT2D eigenvalue weighted by Gasteiger charge is -2.29. The van der Waals surface area contributed by atoms with E-state index in [2.05, 4.69) is 26.4 Å². The summed E-state index contributed by atoms with van der Waals surface area (Å²) in [4.78, 5) is 20.6. The number of piperazine rings is 1. The Morgan fingerprint density at radius 2 is 1.86 bits per heavy atom. The summed E-state index contributed by atoms with van der Waals surface area (Å²) in [7, 11) is 3.51. The molecule has 196 valence electrons. The predicted molar refractivity (Wildman–Crippen MR) is 131 cm³/mol. The second kappa shape index (κ2) is 10.1. The highest BCUT2D eigenvalue weighted by molar-refractivity contribution is 5.93. The van der Waals surface area contributed by atoms with Crippen LogP contribution in [0.1, 0.15) is 5.56 Å². The average molecular weight is 518 g/mol. The van der Waals surface area contributed by atoms with Gasteiger partial charge in [-0.3, -0.25) is 4.68 Å². The highest BCUT2D eigenvalue weighted by Gasteiger charge is 2.38. The molecule has 13 heteroatoms. The molecular formula is C24H25F3N6O4. The molecule has 37 heavy (non-hydrogen) atoms. The van der Waals surface area contributed by atoms with Crippen molar-refractivity contribution in [1.82, 2.24) is 25.1 Å². The van der Waals surface area contributed by atoms with Crippen LogP contribution in [-0.4, -0.2) is 75.4 Å². The smallest absolute Gasteiger partial charge is 0.490 e. The number of phenols is 1. The van der Waals surface area contributed by atoms with Gasteiger partial charge in [0.05, 0.1) is 35.6 Å². The zero-order valence-corrected chi connectivity index (χ0v) is 20.3. The van der Waals surface area contributed by atoms with Gasteiger partial charge in [-0.2, -0.15) is 18.3 Å². The number of aliphatic carboxylic acids is 1. The van der Waals surface area contributed by atoms with Gasteiger partial charge in [-0.25, -0.2) is 14.8 Å². The fraction of sp³-hybridized carbons (Fsp3) is 0.333. The maximum atomic E-state index is 10.8. The fourth-order valence-corrected chi connectivity index (χ4v) is 4.11. The van der Waals surface area contributed by atoms with E-state index in [-0.39, 0.29) is 5.75 Å². The monoisotopic (exact) mass is 518 g/mol. The number of aryl methyl sites for hydroxylation is 2. The topological polar surface area (TPSA) is 126 Å². The highest BCUT2D eigenvalue weighted by atomic mass is 19.4. The Bertz CT molecular complexity index is 1460. The minimum Gasteiger partial charge on any atom is -0.507 e. The SMILES string of the molecule is COc1cc(-c2cc3cn(C)nc3c(C)c2O)nc2ncc(N3CCNCC3)cc12.O=C(O)C(F)(F)F. The molecule has 0 amide bonds. The highest BCUT2D eigenvalue weighted by Crippen LogP contribution is 2.39. The number of aromatic hydroxyl groups is 1. The number of carbonyl (C=O) groups is 1. The van der Waals surface area contributed by atoms with Crippen molar-refractivity contribution in [2.75, 3.05) is 38.2 Å². The number of hydrogen-bond donors (Lipinski definition) is 3. The van der Waals surface area contributed by atoms with Crippen molar-refractivity contribution in [2.24, 2.45) is 7.05 Å². The van der Waals surface area contributed by atoms with Crippen LogP contribution in [0.3, 0.4) is 0 Å². The van der Waals surface area contributed by atoms with E-state index in [1.54, 1.807) is 11.8 Å². The van der Waals surface area contributed by atoms with Gasteiger partial charge in [-0.15, -0.1) is 0 Å². The van der Waals surface area contributed by atoms with Gasteiger partial charge >= 0.3 is 12.1 Å². The number of alkyl halides is 3. The number of hydrogen-bond acceptors (Lipinski definition) is 8. The van der Waals surface area contributed by atoms with Crippen LogP contribution in [0.5, 0.6) is 11.5 Å². The summed E-state index contributed by atoms with van der Waals surface area (Å²) in [5, 5.41) is 27.6.